The lowest BCUT2D eigenvalue weighted by atomic mass is 10.1. The molecule has 178 valence electrons. The number of halogens is 9. The average Bonchev–Trinajstić information content (AvgIpc) is 3.34. The maximum absolute atomic E-state index is 13.8. The number of nitrogens with zero attached hydrogens (tertiary/aromatic N) is 4. The first-order chi connectivity index (χ1) is 15.8. The van der Waals surface area contributed by atoms with Crippen LogP contribution in [0.1, 0.15) is 17.1 Å². The number of rotatable bonds is 4. The van der Waals surface area contributed by atoms with Crippen molar-refractivity contribution in [1.82, 2.24) is 19.9 Å². The molecule has 34 heavy (non-hydrogen) atoms. The van der Waals surface area contributed by atoms with Crippen molar-refractivity contribution in [1.29, 1.82) is 0 Å². The molecule has 0 saturated carbocycles. The fraction of sp³-hybridized carbons (Fsp3) is 0.150. The van der Waals surface area contributed by atoms with Crippen LogP contribution in [0.25, 0.3) is 22.6 Å². The molecule has 0 aliphatic carbocycles. The molecule has 0 radical (unpaired) electrons. The molecule has 0 aliphatic rings. The summed E-state index contributed by atoms with van der Waals surface area (Å²) in [5.74, 6) is -1.84. The van der Waals surface area contributed by atoms with Crippen molar-refractivity contribution in [2.75, 3.05) is 0 Å². The van der Waals surface area contributed by atoms with Gasteiger partial charge in [0, 0.05) is 16.1 Å². The van der Waals surface area contributed by atoms with Crippen molar-refractivity contribution >= 4 is 34.8 Å². The monoisotopic (exact) mass is 540 g/mol. The van der Waals surface area contributed by atoms with Crippen molar-refractivity contribution in [2.45, 2.75) is 18.9 Å². The summed E-state index contributed by atoms with van der Waals surface area (Å²) in [6.07, 6.45) is -9.64. The Morgan fingerprint density at radius 2 is 1.56 bits per heavy atom. The lowest BCUT2D eigenvalue weighted by Crippen LogP contribution is -2.15. The van der Waals surface area contributed by atoms with E-state index < -0.39 is 29.0 Å². The normalized spacial score (nSPS) is 12.4. The zero-order valence-electron chi connectivity index (χ0n) is 16.3. The summed E-state index contributed by atoms with van der Waals surface area (Å²) in [5.41, 5.74) is -0.688. The van der Waals surface area contributed by atoms with Crippen LogP contribution in [-0.4, -0.2) is 19.9 Å². The molecule has 2 heterocycles. The van der Waals surface area contributed by atoms with Gasteiger partial charge in [0.15, 0.2) is 5.69 Å². The summed E-state index contributed by atoms with van der Waals surface area (Å²) in [6, 6.07) is 9.66. The van der Waals surface area contributed by atoms with E-state index in [2.05, 4.69) is 19.8 Å². The van der Waals surface area contributed by atoms with Crippen LogP contribution in [0.4, 0.5) is 26.3 Å². The van der Waals surface area contributed by atoms with Gasteiger partial charge in [-0.3, -0.25) is 4.68 Å². The van der Waals surface area contributed by atoms with Gasteiger partial charge in [-0.2, -0.15) is 36.4 Å². The minimum absolute atomic E-state index is 0.0652. The van der Waals surface area contributed by atoms with Gasteiger partial charge in [0.2, 0.25) is 5.82 Å². The van der Waals surface area contributed by atoms with Gasteiger partial charge >= 0.3 is 18.2 Å². The van der Waals surface area contributed by atoms with Gasteiger partial charge in [-0.05, 0) is 23.8 Å². The molecule has 0 saturated heterocycles. The first-order valence-corrected chi connectivity index (χ1v) is 10.3. The molecular weight excluding hydrogens is 533 g/mol. The summed E-state index contributed by atoms with van der Waals surface area (Å²) < 4.78 is 84.1. The van der Waals surface area contributed by atoms with E-state index in [1.54, 1.807) is 0 Å². The largest absolute Gasteiger partial charge is 0.471 e. The van der Waals surface area contributed by atoms with Crippen LogP contribution < -0.4 is 0 Å². The number of aromatic nitrogens is 4. The molecule has 2 aromatic carbocycles. The Bertz CT molecular complexity index is 1350. The highest BCUT2D eigenvalue weighted by Crippen LogP contribution is 2.42. The van der Waals surface area contributed by atoms with Crippen molar-refractivity contribution in [3.8, 4) is 22.6 Å². The second kappa shape index (κ2) is 8.79. The average molecular weight is 542 g/mol. The first kappa shape index (κ1) is 24.4. The molecule has 0 N–H and O–H groups in total. The van der Waals surface area contributed by atoms with Gasteiger partial charge in [0.05, 0.1) is 16.6 Å². The minimum Gasteiger partial charge on any atom is -0.329 e. The SMILES string of the molecule is FC(F)(F)c1nc(-c2ccc(Cn3nc(-c4ccc(Cl)cc4Cl)c(Cl)c3C(F)(F)F)cc2)no1. The summed E-state index contributed by atoms with van der Waals surface area (Å²) in [7, 11) is 0. The second-order valence-corrected chi connectivity index (χ2v) is 8.13. The Hall–Kier alpha value is -2.76. The molecule has 0 spiro atoms. The van der Waals surface area contributed by atoms with E-state index in [9.17, 15) is 26.3 Å². The van der Waals surface area contributed by atoms with E-state index in [0.717, 1.165) is 0 Å². The third kappa shape index (κ3) is 4.86. The lowest BCUT2D eigenvalue weighted by Gasteiger charge is -2.11. The van der Waals surface area contributed by atoms with Crippen molar-refractivity contribution < 1.29 is 30.9 Å². The van der Waals surface area contributed by atoms with Crippen LogP contribution >= 0.6 is 34.8 Å². The quantitative estimate of drug-likeness (QED) is 0.249. The fourth-order valence-electron chi connectivity index (χ4n) is 3.07. The zero-order valence-corrected chi connectivity index (χ0v) is 18.6. The van der Waals surface area contributed by atoms with Gasteiger partial charge in [-0.1, -0.05) is 64.2 Å². The summed E-state index contributed by atoms with van der Waals surface area (Å²) in [5, 5.41) is 6.99. The van der Waals surface area contributed by atoms with Gasteiger partial charge in [-0.25, -0.2) is 0 Å². The summed E-state index contributed by atoms with van der Waals surface area (Å²) in [6.45, 7) is -0.347. The molecule has 0 aliphatic heterocycles. The molecule has 4 aromatic rings. The molecule has 5 nitrogen and oxygen atoms in total. The number of hydrogen-bond acceptors (Lipinski definition) is 4. The Balaban J connectivity index is 1.68. The fourth-order valence-corrected chi connectivity index (χ4v) is 3.91. The Kier molecular flexibility index (Phi) is 6.30. The molecule has 14 heteroatoms. The smallest absolute Gasteiger partial charge is 0.329 e. The molecule has 0 fully saturated rings. The maximum atomic E-state index is 13.8. The van der Waals surface area contributed by atoms with Gasteiger partial charge in [0.25, 0.3) is 0 Å². The Morgan fingerprint density at radius 1 is 0.882 bits per heavy atom. The molecular formula is C20H9Cl3F6N4O. The van der Waals surface area contributed by atoms with Crippen LogP contribution in [-0.2, 0) is 18.9 Å². The van der Waals surface area contributed by atoms with E-state index in [0.29, 0.717) is 10.2 Å². The highest BCUT2D eigenvalue weighted by Gasteiger charge is 2.40. The van der Waals surface area contributed by atoms with Crippen molar-refractivity contribution in [3.05, 3.63) is 74.7 Å². The van der Waals surface area contributed by atoms with Gasteiger partial charge in [-0.15, -0.1) is 0 Å². The van der Waals surface area contributed by atoms with Gasteiger partial charge < -0.3 is 4.52 Å². The number of alkyl halides is 6. The summed E-state index contributed by atoms with van der Waals surface area (Å²) >= 11 is 18.0. The molecule has 0 bridgehead atoms. The van der Waals surface area contributed by atoms with Crippen molar-refractivity contribution in [2.24, 2.45) is 0 Å². The van der Waals surface area contributed by atoms with Crippen LogP contribution in [0.5, 0.6) is 0 Å². The van der Waals surface area contributed by atoms with Crippen LogP contribution in [0.3, 0.4) is 0 Å². The third-order valence-electron chi connectivity index (χ3n) is 4.56. The molecule has 0 atom stereocenters. The van der Waals surface area contributed by atoms with E-state index in [1.807, 2.05) is 0 Å². The van der Waals surface area contributed by atoms with Crippen molar-refractivity contribution in [3.63, 3.8) is 0 Å². The number of benzene rings is 2. The van der Waals surface area contributed by atoms with Crippen LogP contribution in [0, 0.1) is 0 Å². The van der Waals surface area contributed by atoms with E-state index in [1.165, 1.54) is 42.5 Å². The zero-order chi connectivity index (χ0) is 24.8. The minimum atomic E-state index is -4.83. The highest BCUT2D eigenvalue weighted by molar-refractivity contribution is 6.38. The van der Waals surface area contributed by atoms with E-state index in [-0.39, 0.29) is 39.2 Å². The summed E-state index contributed by atoms with van der Waals surface area (Å²) in [4.78, 5) is 3.27. The third-order valence-corrected chi connectivity index (χ3v) is 5.47. The van der Waals surface area contributed by atoms with Gasteiger partial charge in [0.1, 0.15) is 5.69 Å². The number of hydrogen-bond donors (Lipinski definition) is 0. The second-order valence-electron chi connectivity index (χ2n) is 6.91. The Labute approximate surface area is 201 Å². The predicted octanol–water partition coefficient (Wildman–Crippen LogP) is 7.65. The Morgan fingerprint density at radius 3 is 2.12 bits per heavy atom. The molecule has 0 unspecified atom stereocenters. The van der Waals surface area contributed by atoms with Crippen LogP contribution in [0.2, 0.25) is 15.1 Å². The molecule has 4 rings (SSSR count). The van der Waals surface area contributed by atoms with Crippen LogP contribution in [0.15, 0.2) is 47.0 Å². The highest BCUT2D eigenvalue weighted by atomic mass is 35.5. The standard InChI is InChI=1S/C20H9Cl3F6N4O/c21-11-5-6-12(13(22)7-11)15-14(23)16(19(24,25)26)33(31-15)8-9-1-3-10(4-2-9)17-30-18(34-32-17)20(27,28)29/h1-7H,8H2. The molecule has 2 aromatic heterocycles. The maximum Gasteiger partial charge on any atom is 0.471 e. The first-order valence-electron chi connectivity index (χ1n) is 9.13. The lowest BCUT2D eigenvalue weighted by molar-refractivity contribution is -0.159. The van der Waals surface area contributed by atoms with E-state index in [4.69, 9.17) is 34.8 Å². The topological polar surface area (TPSA) is 56.7 Å². The molecule has 0 amide bonds. The predicted molar refractivity (Wildman–Crippen MR) is 112 cm³/mol. The van der Waals surface area contributed by atoms with E-state index >= 15 is 0 Å².